The van der Waals surface area contributed by atoms with Crippen LogP contribution in [0.2, 0.25) is 0 Å². The molecule has 5 unspecified atom stereocenters. The Morgan fingerprint density at radius 3 is 2.50 bits per heavy atom. The van der Waals surface area contributed by atoms with Crippen LogP contribution in [0.1, 0.15) is 45.4 Å². The minimum Gasteiger partial charge on any atom is -0.0622 e. The fourth-order valence-electron chi connectivity index (χ4n) is 4.62. The maximum absolute atomic E-state index is 2.51. The molecule has 4 rings (SSSR count). The van der Waals surface area contributed by atoms with Gasteiger partial charge >= 0.3 is 0 Å². The van der Waals surface area contributed by atoms with Gasteiger partial charge < -0.3 is 0 Å². The summed E-state index contributed by atoms with van der Waals surface area (Å²) in [6, 6.07) is 0. The van der Waals surface area contributed by atoms with Crippen LogP contribution < -0.4 is 0 Å². The maximum atomic E-state index is 2.51. The first kappa shape index (κ1) is 7.41. The summed E-state index contributed by atoms with van der Waals surface area (Å²) in [5.41, 5.74) is 0. The molecule has 0 amide bonds. The molecule has 0 aliphatic heterocycles. The summed E-state index contributed by atoms with van der Waals surface area (Å²) in [7, 11) is 0. The summed E-state index contributed by atoms with van der Waals surface area (Å²) in [4.78, 5) is 0. The Labute approximate surface area is 75.7 Å². The van der Waals surface area contributed by atoms with Crippen LogP contribution in [0.5, 0.6) is 0 Å². The van der Waals surface area contributed by atoms with E-state index in [0.29, 0.717) is 0 Å². The van der Waals surface area contributed by atoms with E-state index < -0.39 is 0 Å². The Morgan fingerprint density at radius 1 is 0.833 bits per heavy atom. The molecular weight excluding hydrogens is 144 g/mol. The number of hydrogen-bond donors (Lipinski definition) is 0. The van der Waals surface area contributed by atoms with Gasteiger partial charge in [0.15, 0.2) is 0 Å². The summed E-state index contributed by atoms with van der Waals surface area (Å²) in [5, 5.41) is 0. The molecular formula is C12H20. The summed E-state index contributed by atoms with van der Waals surface area (Å²) in [6.45, 7) is 2.51. The van der Waals surface area contributed by atoms with E-state index >= 15 is 0 Å². The predicted octanol–water partition coefficient (Wildman–Crippen LogP) is 3.47. The highest BCUT2D eigenvalue weighted by Gasteiger charge is 2.48. The standard InChI is InChI=1S/C12H20/c1-8-7-9-5-6-10(8)12-4-2-3-11(9)12/h8-12H,2-7H2,1H3. The van der Waals surface area contributed by atoms with E-state index in [2.05, 4.69) is 6.92 Å². The maximum Gasteiger partial charge on any atom is -0.0352 e. The van der Waals surface area contributed by atoms with Crippen molar-refractivity contribution in [1.82, 2.24) is 0 Å². The lowest BCUT2D eigenvalue weighted by atomic mass is 9.56. The summed E-state index contributed by atoms with van der Waals surface area (Å²) >= 11 is 0. The minimum absolute atomic E-state index is 1.07. The molecule has 2 bridgehead atoms. The fourth-order valence-corrected chi connectivity index (χ4v) is 4.62. The van der Waals surface area contributed by atoms with Gasteiger partial charge in [-0.05, 0) is 61.7 Å². The van der Waals surface area contributed by atoms with Gasteiger partial charge in [0.25, 0.3) is 0 Å². The molecule has 0 heterocycles. The van der Waals surface area contributed by atoms with Gasteiger partial charge in [0.05, 0.1) is 0 Å². The van der Waals surface area contributed by atoms with Crippen LogP contribution >= 0.6 is 0 Å². The molecule has 0 spiro atoms. The van der Waals surface area contributed by atoms with E-state index in [1.807, 2.05) is 0 Å². The monoisotopic (exact) mass is 164 g/mol. The topological polar surface area (TPSA) is 0 Å². The van der Waals surface area contributed by atoms with Crippen LogP contribution in [0, 0.1) is 29.6 Å². The third-order valence-electron chi connectivity index (χ3n) is 5.06. The van der Waals surface area contributed by atoms with Gasteiger partial charge in [-0.3, -0.25) is 0 Å². The lowest BCUT2D eigenvalue weighted by molar-refractivity contribution is 0.00107. The largest absolute Gasteiger partial charge is 0.0622 e. The van der Waals surface area contributed by atoms with E-state index in [-0.39, 0.29) is 0 Å². The van der Waals surface area contributed by atoms with Crippen molar-refractivity contribution in [2.24, 2.45) is 29.6 Å². The highest BCUT2D eigenvalue weighted by molar-refractivity contribution is 4.98. The molecule has 0 aromatic carbocycles. The SMILES string of the molecule is CC1CC2CCC1C1CCCC21. The molecule has 0 aromatic rings. The van der Waals surface area contributed by atoms with Crippen LogP contribution in [-0.4, -0.2) is 0 Å². The van der Waals surface area contributed by atoms with E-state index in [4.69, 9.17) is 0 Å². The first-order valence-corrected chi connectivity index (χ1v) is 5.86. The lowest BCUT2D eigenvalue weighted by Gasteiger charge is -2.49. The molecule has 0 N–H and O–H groups in total. The van der Waals surface area contributed by atoms with E-state index in [1.54, 1.807) is 38.5 Å². The van der Waals surface area contributed by atoms with Crippen LogP contribution in [-0.2, 0) is 0 Å². The van der Waals surface area contributed by atoms with Gasteiger partial charge in [-0.1, -0.05) is 13.3 Å². The van der Waals surface area contributed by atoms with Crippen molar-refractivity contribution in [3.05, 3.63) is 0 Å². The Morgan fingerprint density at radius 2 is 1.67 bits per heavy atom. The zero-order valence-corrected chi connectivity index (χ0v) is 8.13. The molecule has 0 radical (unpaired) electrons. The van der Waals surface area contributed by atoms with Crippen molar-refractivity contribution in [3.8, 4) is 0 Å². The van der Waals surface area contributed by atoms with Crippen molar-refractivity contribution in [2.75, 3.05) is 0 Å². The second-order valence-electron chi connectivity index (χ2n) is 5.47. The van der Waals surface area contributed by atoms with Gasteiger partial charge in [0.2, 0.25) is 0 Å². The molecule has 4 aliphatic carbocycles. The number of hydrogen-bond acceptors (Lipinski definition) is 0. The van der Waals surface area contributed by atoms with Crippen molar-refractivity contribution in [2.45, 2.75) is 45.4 Å². The first-order valence-electron chi connectivity index (χ1n) is 5.86. The minimum atomic E-state index is 1.07. The number of fused-ring (bicyclic) bond motifs is 2. The van der Waals surface area contributed by atoms with Crippen molar-refractivity contribution in [1.29, 1.82) is 0 Å². The van der Waals surface area contributed by atoms with Crippen molar-refractivity contribution in [3.63, 3.8) is 0 Å². The molecule has 0 nitrogen and oxygen atoms in total. The predicted molar refractivity (Wildman–Crippen MR) is 50.8 cm³/mol. The Kier molecular flexibility index (Phi) is 1.54. The highest BCUT2D eigenvalue weighted by Crippen LogP contribution is 2.57. The van der Waals surface area contributed by atoms with Crippen molar-refractivity contribution < 1.29 is 0 Å². The molecule has 0 saturated heterocycles. The third-order valence-corrected chi connectivity index (χ3v) is 5.06. The molecule has 4 fully saturated rings. The second kappa shape index (κ2) is 2.49. The average Bonchev–Trinajstić information content (AvgIpc) is 2.53. The lowest BCUT2D eigenvalue weighted by Crippen LogP contribution is -2.41. The van der Waals surface area contributed by atoms with E-state index in [9.17, 15) is 0 Å². The van der Waals surface area contributed by atoms with Crippen LogP contribution in [0.3, 0.4) is 0 Å². The van der Waals surface area contributed by atoms with Gasteiger partial charge in [-0.2, -0.15) is 0 Å². The fraction of sp³-hybridized carbons (Fsp3) is 1.00. The van der Waals surface area contributed by atoms with Crippen LogP contribution in [0.15, 0.2) is 0 Å². The Balaban J connectivity index is 1.90. The van der Waals surface area contributed by atoms with Crippen LogP contribution in [0.25, 0.3) is 0 Å². The molecule has 5 atom stereocenters. The summed E-state index contributed by atoms with van der Waals surface area (Å²) < 4.78 is 0. The molecule has 4 aliphatic rings. The van der Waals surface area contributed by atoms with Gasteiger partial charge in [0, 0.05) is 0 Å². The van der Waals surface area contributed by atoms with Gasteiger partial charge in [-0.15, -0.1) is 0 Å². The van der Waals surface area contributed by atoms with Crippen LogP contribution in [0.4, 0.5) is 0 Å². The third kappa shape index (κ3) is 0.843. The molecule has 0 aromatic heterocycles. The smallest absolute Gasteiger partial charge is 0.0352 e. The van der Waals surface area contributed by atoms with E-state index in [1.165, 1.54) is 11.8 Å². The van der Waals surface area contributed by atoms with Gasteiger partial charge in [-0.25, -0.2) is 0 Å². The number of rotatable bonds is 0. The zero-order chi connectivity index (χ0) is 8.13. The molecule has 0 heteroatoms. The Hall–Kier alpha value is 0. The molecule has 68 valence electrons. The second-order valence-corrected chi connectivity index (χ2v) is 5.47. The van der Waals surface area contributed by atoms with Crippen molar-refractivity contribution >= 4 is 0 Å². The molecule has 12 heavy (non-hydrogen) atoms. The van der Waals surface area contributed by atoms with E-state index in [0.717, 1.165) is 17.8 Å². The average molecular weight is 164 g/mol. The summed E-state index contributed by atoms with van der Waals surface area (Å²) in [6.07, 6.45) is 9.44. The summed E-state index contributed by atoms with van der Waals surface area (Å²) in [5.74, 6) is 5.72. The Bertz CT molecular complexity index is 184. The molecule has 4 saturated carbocycles. The quantitative estimate of drug-likeness (QED) is 0.514. The highest BCUT2D eigenvalue weighted by atomic mass is 14.5. The zero-order valence-electron chi connectivity index (χ0n) is 8.13. The first-order chi connectivity index (χ1) is 5.86. The normalized spacial score (nSPS) is 57.2. The van der Waals surface area contributed by atoms with Gasteiger partial charge in [0.1, 0.15) is 0 Å².